The largest absolute Gasteiger partial charge is 0.480 e. The number of aliphatic carboxylic acids is 1. The lowest BCUT2D eigenvalue weighted by molar-refractivity contribution is -0.141. The van der Waals surface area contributed by atoms with Crippen LogP contribution in [0.2, 0.25) is 0 Å². The first-order valence-electron chi connectivity index (χ1n) is 4.73. The number of rotatable bonds is 3. The maximum absolute atomic E-state index is 12.1. The van der Waals surface area contributed by atoms with Crippen LogP contribution in [0.5, 0.6) is 0 Å². The number of carboxylic acids is 1. The molecule has 0 bridgehead atoms. The van der Waals surface area contributed by atoms with Crippen LogP contribution in [0.25, 0.3) is 0 Å². The number of hydrogen-bond acceptors (Lipinski definition) is 5. The first-order chi connectivity index (χ1) is 7.93. The van der Waals surface area contributed by atoms with Crippen molar-refractivity contribution in [2.45, 2.75) is 16.7 Å². The molecule has 1 atom stereocenters. The Bertz CT molecular complexity index is 548. The normalized spacial score (nSPS) is 21.9. The van der Waals surface area contributed by atoms with Gasteiger partial charge in [-0.3, -0.25) is 9.59 Å². The molecule has 92 valence electrons. The average molecular weight is 275 g/mol. The van der Waals surface area contributed by atoms with Crippen LogP contribution in [0.15, 0.2) is 21.7 Å². The Morgan fingerprint density at radius 2 is 2.24 bits per heavy atom. The third kappa shape index (κ3) is 2.11. The van der Waals surface area contributed by atoms with Gasteiger partial charge >= 0.3 is 5.97 Å². The summed E-state index contributed by atoms with van der Waals surface area (Å²) in [7, 11) is -3.87. The van der Waals surface area contributed by atoms with Gasteiger partial charge in [-0.05, 0) is 11.4 Å². The Hall–Kier alpha value is -1.25. The van der Waals surface area contributed by atoms with Gasteiger partial charge in [-0.1, -0.05) is 6.07 Å². The molecular weight excluding hydrogens is 266 g/mol. The van der Waals surface area contributed by atoms with Gasteiger partial charge in [0.15, 0.2) is 0 Å². The Labute approximate surface area is 102 Å². The molecule has 1 aromatic heterocycles. The van der Waals surface area contributed by atoms with Gasteiger partial charge < -0.3 is 5.11 Å². The van der Waals surface area contributed by atoms with E-state index in [9.17, 15) is 18.0 Å². The number of thiophene rings is 1. The fraction of sp³-hybridized carbons (Fsp3) is 0.333. The lowest BCUT2D eigenvalue weighted by atomic mass is 10.2. The molecule has 6 nitrogen and oxygen atoms in total. The standard InChI is InChI=1S/C9H9NO5S2/c11-6-4-7(9(12)13)10(5-6)17(14,15)8-2-1-3-16-8/h1-3,7H,4-5H2,(H,12,13)/t7-/m0/s1. The molecule has 1 aliphatic rings. The number of carbonyl (C=O) groups is 2. The maximum Gasteiger partial charge on any atom is 0.322 e. The minimum Gasteiger partial charge on any atom is -0.480 e. The van der Waals surface area contributed by atoms with E-state index in [1.807, 2.05) is 0 Å². The summed E-state index contributed by atoms with van der Waals surface area (Å²) in [5.74, 6) is -1.67. The van der Waals surface area contributed by atoms with E-state index in [1.54, 1.807) is 11.4 Å². The van der Waals surface area contributed by atoms with E-state index >= 15 is 0 Å². The predicted molar refractivity (Wildman–Crippen MR) is 59.3 cm³/mol. The average Bonchev–Trinajstić information content (AvgIpc) is 2.84. The summed E-state index contributed by atoms with van der Waals surface area (Å²) in [6.45, 7) is -0.364. The van der Waals surface area contributed by atoms with Gasteiger partial charge in [0.25, 0.3) is 10.0 Å². The molecule has 1 aromatic rings. The number of carboxylic acid groups (broad SMARTS) is 1. The second-order valence-corrected chi connectivity index (χ2v) is 6.64. The summed E-state index contributed by atoms with van der Waals surface area (Å²) < 4.78 is 25.0. The molecule has 17 heavy (non-hydrogen) atoms. The number of carbonyl (C=O) groups excluding carboxylic acids is 1. The molecule has 0 amide bonds. The molecule has 0 unspecified atom stereocenters. The van der Waals surface area contributed by atoms with Crippen molar-refractivity contribution >= 4 is 33.1 Å². The van der Waals surface area contributed by atoms with Crippen LogP contribution < -0.4 is 0 Å². The highest BCUT2D eigenvalue weighted by atomic mass is 32.2. The predicted octanol–water partition coefficient (Wildman–Crippen LogP) is 0.165. The van der Waals surface area contributed by atoms with E-state index in [2.05, 4.69) is 0 Å². The van der Waals surface area contributed by atoms with Gasteiger partial charge in [0.2, 0.25) is 0 Å². The number of hydrogen-bond donors (Lipinski definition) is 1. The second-order valence-electron chi connectivity index (χ2n) is 3.58. The van der Waals surface area contributed by atoms with Crippen molar-refractivity contribution in [3.8, 4) is 0 Å². The molecule has 1 saturated heterocycles. The highest BCUT2D eigenvalue weighted by Crippen LogP contribution is 2.27. The van der Waals surface area contributed by atoms with Gasteiger partial charge in [0, 0.05) is 6.42 Å². The smallest absolute Gasteiger partial charge is 0.322 e. The van der Waals surface area contributed by atoms with Crippen molar-refractivity contribution in [3.63, 3.8) is 0 Å². The van der Waals surface area contributed by atoms with Gasteiger partial charge in [0.05, 0.1) is 6.54 Å². The molecule has 1 N–H and O–H groups in total. The third-order valence-corrected chi connectivity index (χ3v) is 5.67. The quantitative estimate of drug-likeness (QED) is 0.848. The molecule has 0 aromatic carbocycles. The fourth-order valence-electron chi connectivity index (χ4n) is 1.65. The topological polar surface area (TPSA) is 91.8 Å². The van der Waals surface area contributed by atoms with Crippen molar-refractivity contribution in [3.05, 3.63) is 17.5 Å². The van der Waals surface area contributed by atoms with E-state index in [4.69, 9.17) is 5.11 Å². The Balaban J connectivity index is 2.40. The zero-order valence-corrected chi connectivity index (χ0v) is 10.2. The zero-order chi connectivity index (χ0) is 12.6. The van der Waals surface area contributed by atoms with Crippen molar-refractivity contribution in [2.75, 3.05) is 6.54 Å². The molecule has 1 aliphatic heterocycles. The summed E-state index contributed by atoms with van der Waals surface area (Å²) in [4.78, 5) is 22.1. The Kier molecular flexibility index (Phi) is 3.02. The van der Waals surface area contributed by atoms with E-state index in [0.29, 0.717) is 0 Å². The summed E-state index contributed by atoms with van der Waals surface area (Å²) >= 11 is 0.998. The van der Waals surface area contributed by atoms with Crippen LogP contribution in [-0.4, -0.2) is 42.2 Å². The van der Waals surface area contributed by atoms with Crippen molar-refractivity contribution < 1.29 is 23.1 Å². The van der Waals surface area contributed by atoms with Gasteiger partial charge in [0.1, 0.15) is 16.0 Å². The van der Waals surface area contributed by atoms with Crippen LogP contribution in [0.4, 0.5) is 0 Å². The van der Waals surface area contributed by atoms with Crippen LogP contribution in [0.1, 0.15) is 6.42 Å². The van der Waals surface area contributed by atoms with E-state index in [-0.39, 0.29) is 23.0 Å². The summed E-state index contributed by atoms with van der Waals surface area (Å²) in [5, 5.41) is 10.5. The van der Waals surface area contributed by atoms with E-state index < -0.39 is 22.0 Å². The third-order valence-electron chi connectivity index (χ3n) is 2.44. The van der Waals surface area contributed by atoms with Gasteiger partial charge in [-0.2, -0.15) is 4.31 Å². The SMILES string of the molecule is O=C1C[C@@H](C(=O)O)N(S(=O)(=O)c2cccs2)C1. The highest BCUT2D eigenvalue weighted by Gasteiger charge is 2.43. The molecular formula is C9H9NO5S2. The molecule has 0 radical (unpaired) electrons. The first kappa shape index (κ1) is 12.2. The number of Topliss-reactive ketones (excluding diaryl/α,β-unsaturated/α-hetero) is 1. The second kappa shape index (κ2) is 4.21. The van der Waals surface area contributed by atoms with Crippen LogP contribution in [0.3, 0.4) is 0 Å². The zero-order valence-electron chi connectivity index (χ0n) is 8.57. The minimum atomic E-state index is -3.87. The molecule has 0 saturated carbocycles. The molecule has 0 spiro atoms. The molecule has 2 rings (SSSR count). The highest BCUT2D eigenvalue weighted by molar-refractivity contribution is 7.91. The summed E-state index contributed by atoms with van der Waals surface area (Å²) in [6.07, 6.45) is -0.264. The Morgan fingerprint density at radius 1 is 1.53 bits per heavy atom. The van der Waals surface area contributed by atoms with E-state index in [0.717, 1.165) is 15.6 Å². The monoisotopic (exact) mass is 275 g/mol. The van der Waals surface area contributed by atoms with Crippen LogP contribution >= 0.6 is 11.3 Å². The van der Waals surface area contributed by atoms with Crippen LogP contribution in [0, 0.1) is 0 Å². The van der Waals surface area contributed by atoms with Crippen LogP contribution in [-0.2, 0) is 19.6 Å². The maximum atomic E-state index is 12.1. The van der Waals surface area contributed by atoms with E-state index in [1.165, 1.54) is 6.07 Å². The number of ketones is 1. The summed E-state index contributed by atoms with van der Waals surface area (Å²) in [5.41, 5.74) is 0. The lowest BCUT2D eigenvalue weighted by Crippen LogP contribution is -2.40. The van der Waals surface area contributed by atoms with Crippen molar-refractivity contribution in [2.24, 2.45) is 0 Å². The Morgan fingerprint density at radius 3 is 2.76 bits per heavy atom. The van der Waals surface area contributed by atoms with Crippen molar-refractivity contribution in [1.29, 1.82) is 0 Å². The van der Waals surface area contributed by atoms with Gasteiger partial charge in [-0.25, -0.2) is 8.42 Å². The molecule has 8 heteroatoms. The first-order valence-corrected chi connectivity index (χ1v) is 7.05. The molecule has 0 aliphatic carbocycles. The fourth-order valence-corrected chi connectivity index (χ4v) is 4.34. The molecule has 2 heterocycles. The minimum absolute atomic E-state index is 0.0541. The van der Waals surface area contributed by atoms with Gasteiger partial charge in [-0.15, -0.1) is 11.3 Å². The lowest BCUT2D eigenvalue weighted by Gasteiger charge is -2.18. The number of nitrogens with zero attached hydrogens (tertiary/aromatic N) is 1. The summed E-state index contributed by atoms with van der Waals surface area (Å²) in [6, 6.07) is 1.67. The molecule has 1 fully saturated rings. The van der Waals surface area contributed by atoms with Crippen molar-refractivity contribution in [1.82, 2.24) is 4.31 Å². The number of sulfonamides is 1.